The van der Waals surface area contributed by atoms with E-state index >= 15 is 0 Å². The van der Waals surface area contributed by atoms with Crippen molar-refractivity contribution in [2.24, 2.45) is 0 Å². The highest BCUT2D eigenvalue weighted by molar-refractivity contribution is 5.92. The molecule has 1 aliphatic carbocycles. The molecule has 1 fully saturated rings. The third kappa shape index (κ3) is 2.94. The molecule has 2 N–H and O–H groups in total. The molecular formula is C16H15FN4O2. The Balaban J connectivity index is 1.35. The van der Waals surface area contributed by atoms with Crippen molar-refractivity contribution in [2.45, 2.75) is 25.2 Å². The Morgan fingerprint density at radius 3 is 3.09 bits per heavy atom. The number of rotatable bonds is 5. The fourth-order valence-corrected chi connectivity index (χ4v) is 2.49. The molecule has 1 aromatic carbocycles. The van der Waals surface area contributed by atoms with Gasteiger partial charge in [0.25, 0.3) is 5.91 Å². The lowest BCUT2D eigenvalue weighted by Crippen LogP contribution is -2.26. The summed E-state index contributed by atoms with van der Waals surface area (Å²) in [7, 11) is 0. The zero-order chi connectivity index (χ0) is 15.8. The number of imidazole rings is 1. The number of carbonyl (C=O) groups is 1. The molecule has 1 saturated carbocycles. The molecule has 0 saturated heterocycles. The first-order chi connectivity index (χ1) is 11.2. The summed E-state index contributed by atoms with van der Waals surface area (Å²) in [6, 6.07) is 6.10. The van der Waals surface area contributed by atoms with Crippen molar-refractivity contribution < 1.29 is 13.7 Å². The van der Waals surface area contributed by atoms with E-state index < -0.39 is 0 Å². The molecule has 0 aliphatic heterocycles. The molecule has 118 valence electrons. The van der Waals surface area contributed by atoms with Gasteiger partial charge < -0.3 is 14.8 Å². The first-order valence-corrected chi connectivity index (χ1v) is 7.58. The SMILES string of the molecule is O=C(NCCc1nc2ccc(F)cc2[nH]1)c1cc(C2CC2)on1. The molecule has 1 amide bonds. The maximum Gasteiger partial charge on any atom is 0.273 e. The van der Waals surface area contributed by atoms with Gasteiger partial charge in [0.15, 0.2) is 5.69 Å². The van der Waals surface area contributed by atoms with Crippen LogP contribution >= 0.6 is 0 Å². The Kier molecular flexibility index (Phi) is 3.33. The van der Waals surface area contributed by atoms with Gasteiger partial charge in [-0.1, -0.05) is 5.16 Å². The van der Waals surface area contributed by atoms with Gasteiger partial charge in [0.2, 0.25) is 0 Å². The minimum atomic E-state index is -0.307. The van der Waals surface area contributed by atoms with Gasteiger partial charge >= 0.3 is 0 Å². The number of halogens is 1. The molecule has 0 atom stereocenters. The molecule has 4 rings (SSSR count). The molecule has 0 radical (unpaired) electrons. The van der Waals surface area contributed by atoms with E-state index in [1.165, 1.54) is 12.1 Å². The lowest BCUT2D eigenvalue weighted by Gasteiger charge is -2.00. The number of H-pyrrole nitrogens is 1. The Hall–Kier alpha value is -2.70. The van der Waals surface area contributed by atoms with E-state index in [9.17, 15) is 9.18 Å². The van der Waals surface area contributed by atoms with Crippen LogP contribution < -0.4 is 5.32 Å². The summed E-state index contributed by atoms with van der Waals surface area (Å²) in [6.45, 7) is 0.409. The fourth-order valence-electron chi connectivity index (χ4n) is 2.49. The van der Waals surface area contributed by atoms with Gasteiger partial charge in [-0.2, -0.15) is 0 Å². The van der Waals surface area contributed by atoms with Crippen molar-refractivity contribution in [3.8, 4) is 0 Å². The second-order valence-electron chi connectivity index (χ2n) is 5.74. The van der Waals surface area contributed by atoms with Crippen LogP contribution in [0.2, 0.25) is 0 Å². The maximum absolute atomic E-state index is 13.1. The van der Waals surface area contributed by atoms with Crippen LogP contribution in [0, 0.1) is 5.82 Å². The first kappa shape index (κ1) is 13.9. The number of aromatic nitrogens is 3. The van der Waals surface area contributed by atoms with Crippen molar-refractivity contribution in [2.75, 3.05) is 6.54 Å². The van der Waals surface area contributed by atoms with Crippen molar-refractivity contribution in [3.63, 3.8) is 0 Å². The second kappa shape index (κ2) is 5.49. The van der Waals surface area contributed by atoms with Crippen molar-refractivity contribution in [3.05, 3.63) is 47.4 Å². The van der Waals surface area contributed by atoms with E-state index in [4.69, 9.17) is 4.52 Å². The molecule has 0 bridgehead atoms. The Morgan fingerprint density at radius 2 is 2.26 bits per heavy atom. The number of hydrogen-bond donors (Lipinski definition) is 2. The fraction of sp³-hybridized carbons (Fsp3) is 0.312. The van der Waals surface area contributed by atoms with Crippen LogP contribution in [0.1, 0.15) is 40.8 Å². The lowest BCUT2D eigenvalue weighted by atomic mass is 10.3. The van der Waals surface area contributed by atoms with Crippen LogP contribution in [0.25, 0.3) is 11.0 Å². The van der Waals surface area contributed by atoms with E-state index in [2.05, 4.69) is 20.4 Å². The molecular weight excluding hydrogens is 299 g/mol. The van der Waals surface area contributed by atoms with Crippen LogP contribution in [0.5, 0.6) is 0 Å². The highest BCUT2D eigenvalue weighted by Crippen LogP contribution is 2.40. The smallest absolute Gasteiger partial charge is 0.273 e. The van der Waals surface area contributed by atoms with Crippen molar-refractivity contribution in [1.29, 1.82) is 0 Å². The molecule has 3 aromatic rings. The summed E-state index contributed by atoms with van der Waals surface area (Å²) in [4.78, 5) is 19.4. The Bertz CT molecular complexity index is 866. The lowest BCUT2D eigenvalue weighted by molar-refractivity contribution is 0.0945. The van der Waals surface area contributed by atoms with Gasteiger partial charge in [-0.25, -0.2) is 9.37 Å². The zero-order valence-electron chi connectivity index (χ0n) is 12.3. The van der Waals surface area contributed by atoms with Gasteiger partial charge in [0, 0.05) is 24.9 Å². The summed E-state index contributed by atoms with van der Waals surface area (Å²) in [5.74, 6) is 1.35. The highest BCUT2D eigenvalue weighted by atomic mass is 19.1. The van der Waals surface area contributed by atoms with E-state index in [0.29, 0.717) is 41.4 Å². The van der Waals surface area contributed by atoms with E-state index in [0.717, 1.165) is 18.6 Å². The number of nitrogens with one attached hydrogen (secondary N) is 2. The van der Waals surface area contributed by atoms with Gasteiger partial charge in [0.05, 0.1) is 11.0 Å². The minimum absolute atomic E-state index is 0.261. The Labute approximate surface area is 131 Å². The second-order valence-corrected chi connectivity index (χ2v) is 5.74. The Morgan fingerprint density at radius 1 is 1.39 bits per heavy atom. The van der Waals surface area contributed by atoms with Gasteiger partial charge in [-0.3, -0.25) is 4.79 Å². The van der Waals surface area contributed by atoms with Crippen LogP contribution in [-0.4, -0.2) is 27.6 Å². The van der Waals surface area contributed by atoms with Crippen LogP contribution in [0.3, 0.4) is 0 Å². The summed E-state index contributed by atoms with van der Waals surface area (Å²) in [5, 5.41) is 6.58. The van der Waals surface area contributed by atoms with Gasteiger partial charge in [0.1, 0.15) is 17.4 Å². The maximum atomic E-state index is 13.1. The predicted molar refractivity (Wildman–Crippen MR) is 80.6 cm³/mol. The number of aromatic amines is 1. The quantitative estimate of drug-likeness (QED) is 0.758. The van der Waals surface area contributed by atoms with Gasteiger partial charge in [-0.15, -0.1) is 0 Å². The topological polar surface area (TPSA) is 83.8 Å². The summed E-state index contributed by atoms with van der Waals surface area (Å²) < 4.78 is 18.3. The molecule has 6 nitrogen and oxygen atoms in total. The average Bonchev–Trinajstić information content (AvgIpc) is 3.12. The third-order valence-corrected chi connectivity index (χ3v) is 3.88. The molecule has 2 heterocycles. The molecule has 1 aliphatic rings. The van der Waals surface area contributed by atoms with Crippen molar-refractivity contribution >= 4 is 16.9 Å². The number of carbonyl (C=O) groups excluding carboxylic acids is 1. The van der Waals surface area contributed by atoms with E-state index in [1.54, 1.807) is 12.1 Å². The number of nitrogens with zero attached hydrogens (tertiary/aromatic N) is 2. The molecule has 0 unspecified atom stereocenters. The summed E-state index contributed by atoms with van der Waals surface area (Å²) >= 11 is 0. The normalized spacial score (nSPS) is 14.3. The van der Waals surface area contributed by atoms with Crippen LogP contribution in [-0.2, 0) is 6.42 Å². The molecule has 7 heteroatoms. The summed E-state index contributed by atoms with van der Waals surface area (Å²) in [5.41, 5.74) is 1.66. The number of amides is 1. The largest absolute Gasteiger partial charge is 0.360 e. The number of benzene rings is 1. The minimum Gasteiger partial charge on any atom is -0.360 e. The number of hydrogen-bond acceptors (Lipinski definition) is 4. The summed E-state index contributed by atoms with van der Waals surface area (Å²) in [6.07, 6.45) is 2.72. The standard InChI is InChI=1S/C16H15FN4O2/c17-10-3-4-11-12(7-10)20-15(19-11)5-6-18-16(22)13-8-14(23-21-13)9-1-2-9/h3-4,7-9H,1-2,5-6H2,(H,18,22)(H,19,20). The van der Waals surface area contributed by atoms with Crippen molar-refractivity contribution in [1.82, 2.24) is 20.4 Å². The monoisotopic (exact) mass is 314 g/mol. The first-order valence-electron chi connectivity index (χ1n) is 7.58. The highest BCUT2D eigenvalue weighted by Gasteiger charge is 2.28. The van der Waals surface area contributed by atoms with Gasteiger partial charge in [-0.05, 0) is 31.0 Å². The number of fused-ring (bicyclic) bond motifs is 1. The predicted octanol–water partition coefficient (Wildman–Crippen LogP) is 2.54. The van der Waals surface area contributed by atoms with E-state index in [-0.39, 0.29) is 11.7 Å². The average molecular weight is 314 g/mol. The zero-order valence-corrected chi connectivity index (χ0v) is 12.3. The molecule has 23 heavy (non-hydrogen) atoms. The molecule has 2 aromatic heterocycles. The van der Waals surface area contributed by atoms with Crippen LogP contribution in [0.15, 0.2) is 28.8 Å². The molecule has 0 spiro atoms. The van der Waals surface area contributed by atoms with Crippen LogP contribution in [0.4, 0.5) is 4.39 Å². The van der Waals surface area contributed by atoms with E-state index in [1.807, 2.05) is 0 Å². The third-order valence-electron chi connectivity index (χ3n) is 3.88.